The summed E-state index contributed by atoms with van der Waals surface area (Å²) in [5.41, 5.74) is 5.32. The van der Waals surface area contributed by atoms with Crippen molar-refractivity contribution in [3.8, 4) is 0 Å². The molecule has 0 aliphatic carbocycles. The van der Waals surface area contributed by atoms with Crippen LogP contribution in [0.5, 0.6) is 0 Å². The van der Waals surface area contributed by atoms with Crippen LogP contribution >= 0.6 is 23.7 Å². The van der Waals surface area contributed by atoms with E-state index >= 15 is 0 Å². The maximum Gasteiger partial charge on any atom is 0.407 e. The molecule has 0 spiro atoms. The summed E-state index contributed by atoms with van der Waals surface area (Å²) >= 11 is 1.28. The standard InChI is InChI=1S/C10H8F3NS.ClH/c11-10(12,13)9(14)7-5-15-8-4-2-1-3-6(7)8;/h1-5,9H,14H2;1H/t9-;/m1./s1. The molecule has 1 aromatic carbocycles. The Labute approximate surface area is 100 Å². The van der Waals surface area contributed by atoms with Crippen LogP contribution in [0.25, 0.3) is 10.1 Å². The first kappa shape index (κ1) is 13.3. The number of rotatable bonds is 1. The molecule has 16 heavy (non-hydrogen) atoms. The summed E-state index contributed by atoms with van der Waals surface area (Å²) in [6.45, 7) is 0. The van der Waals surface area contributed by atoms with Crippen LogP contribution < -0.4 is 5.73 Å². The van der Waals surface area contributed by atoms with Gasteiger partial charge in [-0.05, 0) is 22.4 Å². The van der Waals surface area contributed by atoms with Crippen LogP contribution in [-0.2, 0) is 0 Å². The van der Waals surface area contributed by atoms with Gasteiger partial charge in [-0.15, -0.1) is 23.7 Å². The molecule has 1 heterocycles. The number of hydrogen-bond acceptors (Lipinski definition) is 2. The van der Waals surface area contributed by atoms with Crippen molar-refractivity contribution in [2.45, 2.75) is 12.2 Å². The molecule has 1 nitrogen and oxygen atoms in total. The van der Waals surface area contributed by atoms with Crippen LogP contribution in [0.1, 0.15) is 11.6 Å². The second-order valence-electron chi connectivity index (χ2n) is 3.21. The maximum atomic E-state index is 12.4. The lowest BCUT2D eigenvalue weighted by molar-refractivity contribution is -0.148. The normalized spacial score (nSPS) is 13.5. The predicted octanol–water partition coefficient (Wildman–Crippen LogP) is 3.89. The van der Waals surface area contributed by atoms with Gasteiger partial charge < -0.3 is 5.73 Å². The minimum absolute atomic E-state index is 0. The largest absolute Gasteiger partial charge is 0.407 e. The van der Waals surface area contributed by atoms with Crippen molar-refractivity contribution in [1.82, 2.24) is 0 Å². The van der Waals surface area contributed by atoms with Crippen LogP contribution in [0.3, 0.4) is 0 Å². The first-order chi connectivity index (χ1) is 7.00. The molecule has 0 bridgehead atoms. The van der Waals surface area contributed by atoms with E-state index in [1.807, 2.05) is 0 Å². The van der Waals surface area contributed by atoms with Gasteiger partial charge in [0.05, 0.1) is 0 Å². The highest BCUT2D eigenvalue weighted by molar-refractivity contribution is 7.17. The Hall–Kier alpha value is -0.780. The highest BCUT2D eigenvalue weighted by atomic mass is 35.5. The van der Waals surface area contributed by atoms with Crippen LogP contribution in [0.2, 0.25) is 0 Å². The third kappa shape index (κ3) is 2.31. The number of hydrogen-bond donors (Lipinski definition) is 1. The first-order valence-corrected chi connectivity index (χ1v) is 5.16. The SMILES string of the molecule is Cl.N[C@H](c1csc2ccccc12)C(F)(F)F. The van der Waals surface area contributed by atoms with E-state index in [9.17, 15) is 13.2 Å². The molecule has 2 N–H and O–H groups in total. The molecular formula is C10H9ClF3NS. The summed E-state index contributed by atoms with van der Waals surface area (Å²) in [5, 5.41) is 2.07. The van der Waals surface area contributed by atoms with Gasteiger partial charge in [-0.25, -0.2) is 0 Å². The van der Waals surface area contributed by atoms with Gasteiger partial charge in [0.2, 0.25) is 0 Å². The Bertz CT molecular complexity index is 480. The molecule has 0 saturated carbocycles. The fourth-order valence-electron chi connectivity index (χ4n) is 1.42. The van der Waals surface area contributed by atoms with Gasteiger partial charge in [0.25, 0.3) is 0 Å². The second kappa shape index (κ2) is 4.61. The Morgan fingerprint density at radius 1 is 1.19 bits per heavy atom. The minimum Gasteiger partial charge on any atom is -0.316 e. The Morgan fingerprint density at radius 2 is 1.81 bits per heavy atom. The van der Waals surface area contributed by atoms with Gasteiger partial charge in [-0.1, -0.05) is 18.2 Å². The number of halogens is 4. The zero-order chi connectivity index (χ0) is 11.1. The summed E-state index contributed by atoms with van der Waals surface area (Å²) in [6, 6.07) is 5.05. The molecule has 6 heteroatoms. The summed E-state index contributed by atoms with van der Waals surface area (Å²) in [6.07, 6.45) is -4.39. The lowest BCUT2D eigenvalue weighted by atomic mass is 10.1. The fraction of sp³-hybridized carbons (Fsp3) is 0.200. The maximum absolute atomic E-state index is 12.4. The van der Waals surface area contributed by atoms with Gasteiger partial charge >= 0.3 is 6.18 Å². The summed E-state index contributed by atoms with van der Waals surface area (Å²) < 4.78 is 38.1. The van der Waals surface area contributed by atoms with Gasteiger partial charge in [0.15, 0.2) is 0 Å². The molecule has 1 aromatic heterocycles. The van der Waals surface area contributed by atoms with Gasteiger partial charge in [0.1, 0.15) is 6.04 Å². The first-order valence-electron chi connectivity index (χ1n) is 4.28. The molecule has 1 atom stereocenters. The van der Waals surface area contributed by atoms with Crippen LogP contribution in [-0.4, -0.2) is 6.18 Å². The zero-order valence-corrected chi connectivity index (χ0v) is 9.62. The van der Waals surface area contributed by atoms with Crippen molar-refractivity contribution in [3.05, 3.63) is 35.2 Å². The van der Waals surface area contributed by atoms with Crippen LogP contribution in [0.15, 0.2) is 29.6 Å². The molecule has 0 aliphatic heterocycles. The number of benzene rings is 1. The molecule has 0 saturated heterocycles. The molecule has 0 amide bonds. The molecule has 0 unspecified atom stereocenters. The van der Waals surface area contributed by atoms with Gasteiger partial charge in [-0.3, -0.25) is 0 Å². The van der Waals surface area contributed by atoms with E-state index in [1.54, 1.807) is 24.3 Å². The zero-order valence-electron chi connectivity index (χ0n) is 7.99. The highest BCUT2D eigenvalue weighted by Gasteiger charge is 2.38. The van der Waals surface area contributed by atoms with E-state index in [0.29, 0.717) is 5.39 Å². The van der Waals surface area contributed by atoms with Crippen molar-refractivity contribution in [1.29, 1.82) is 0 Å². The minimum atomic E-state index is -4.39. The van der Waals surface area contributed by atoms with Crippen molar-refractivity contribution < 1.29 is 13.2 Å². The smallest absolute Gasteiger partial charge is 0.316 e. The van der Waals surface area contributed by atoms with Crippen molar-refractivity contribution in [2.75, 3.05) is 0 Å². The average molecular weight is 268 g/mol. The Balaban J connectivity index is 0.00000128. The van der Waals surface area contributed by atoms with Gasteiger partial charge in [-0.2, -0.15) is 13.2 Å². The molecule has 0 fully saturated rings. The van der Waals surface area contributed by atoms with E-state index in [2.05, 4.69) is 0 Å². The van der Waals surface area contributed by atoms with Gasteiger partial charge in [0, 0.05) is 4.70 Å². The monoisotopic (exact) mass is 267 g/mol. The molecule has 0 aliphatic rings. The summed E-state index contributed by atoms with van der Waals surface area (Å²) in [4.78, 5) is 0. The number of thiophene rings is 1. The van der Waals surface area contributed by atoms with E-state index in [0.717, 1.165) is 4.70 Å². The molecule has 88 valence electrons. The van der Waals surface area contributed by atoms with E-state index in [1.165, 1.54) is 16.7 Å². The number of alkyl halides is 3. The highest BCUT2D eigenvalue weighted by Crippen LogP contribution is 2.37. The molecule has 2 rings (SSSR count). The lowest BCUT2D eigenvalue weighted by Gasteiger charge is -2.14. The van der Waals surface area contributed by atoms with E-state index < -0.39 is 12.2 Å². The molecule has 0 radical (unpaired) electrons. The van der Waals surface area contributed by atoms with Crippen molar-refractivity contribution in [3.63, 3.8) is 0 Å². The summed E-state index contributed by atoms with van der Waals surface area (Å²) in [7, 11) is 0. The second-order valence-corrected chi connectivity index (χ2v) is 4.12. The fourth-order valence-corrected chi connectivity index (χ4v) is 2.41. The summed E-state index contributed by atoms with van der Waals surface area (Å²) in [5.74, 6) is 0. The third-order valence-electron chi connectivity index (χ3n) is 2.20. The average Bonchev–Trinajstić information content (AvgIpc) is 2.58. The number of nitrogens with two attached hydrogens (primary N) is 1. The van der Waals surface area contributed by atoms with Crippen LogP contribution in [0.4, 0.5) is 13.2 Å². The Morgan fingerprint density at radius 3 is 2.44 bits per heavy atom. The van der Waals surface area contributed by atoms with E-state index in [-0.39, 0.29) is 18.0 Å². The topological polar surface area (TPSA) is 26.0 Å². The van der Waals surface area contributed by atoms with E-state index in [4.69, 9.17) is 5.73 Å². The number of fused-ring (bicyclic) bond motifs is 1. The quantitative estimate of drug-likeness (QED) is 0.834. The third-order valence-corrected chi connectivity index (χ3v) is 3.18. The van der Waals surface area contributed by atoms with Crippen molar-refractivity contribution in [2.24, 2.45) is 5.73 Å². The molecule has 2 aromatic rings. The van der Waals surface area contributed by atoms with Crippen molar-refractivity contribution >= 4 is 33.8 Å². The lowest BCUT2D eigenvalue weighted by Crippen LogP contribution is -2.28. The molecular weight excluding hydrogens is 259 g/mol. The van der Waals surface area contributed by atoms with Crippen LogP contribution in [0, 0.1) is 0 Å². The Kier molecular flexibility index (Phi) is 3.83. The predicted molar refractivity (Wildman–Crippen MR) is 62.1 cm³/mol.